The van der Waals surface area contributed by atoms with Crippen LogP contribution in [0, 0.1) is 6.92 Å². The number of fused-ring (bicyclic) bond motifs is 2. The smallest absolute Gasteiger partial charge is 0.252 e. The van der Waals surface area contributed by atoms with Gasteiger partial charge in [0.1, 0.15) is 5.52 Å². The van der Waals surface area contributed by atoms with Crippen LogP contribution in [0.1, 0.15) is 18.4 Å². The molecule has 150 valence electrons. The van der Waals surface area contributed by atoms with Crippen LogP contribution in [0.4, 0.5) is 0 Å². The minimum Gasteiger partial charge on any atom is -0.441 e. The number of piperazine rings is 1. The quantitative estimate of drug-likeness (QED) is 0.714. The zero-order valence-electron chi connectivity index (χ0n) is 16.9. The molecule has 0 spiro atoms. The molecule has 2 aromatic rings. The molecule has 1 aromatic heterocycles. The molecule has 3 aliphatic rings. The second-order valence-electron chi connectivity index (χ2n) is 8.00. The second-order valence-corrected chi connectivity index (χ2v) is 9.42. The molecule has 1 saturated heterocycles. The lowest BCUT2D eigenvalue weighted by molar-refractivity contribution is -0.123. The lowest BCUT2D eigenvalue weighted by atomic mass is 10.1. The fourth-order valence-electron chi connectivity index (χ4n) is 4.11. The second kappa shape index (κ2) is 7.12. The fourth-order valence-corrected chi connectivity index (χ4v) is 5.49. The van der Waals surface area contributed by atoms with Gasteiger partial charge in [-0.05, 0) is 43.1 Å². The highest BCUT2D eigenvalue weighted by molar-refractivity contribution is 7.51. The van der Waals surface area contributed by atoms with Gasteiger partial charge in [-0.15, -0.1) is 0 Å². The largest absolute Gasteiger partial charge is 0.441 e. The summed E-state index contributed by atoms with van der Waals surface area (Å²) in [6, 6.07) is 6.50. The van der Waals surface area contributed by atoms with Gasteiger partial charge in [0, 0.05) is 44.9 Å². The Balaban J connectivity index is 1.39. The van der Waals surface area contributed by atoms with Crippen molar-refractivity contribution in [3.05, 3.63) is 59.8 Å². The summed E-state index contributed by atoms with van der Waals surface area (Å²) in [6.45, 7) is 7.11. The van der Waals surface area contributed by atoms with Crippen molar-refractivity contribution in [2.45, 2.75) is 25.7 Å². The third kappa shape index (κ3) is 3.41. The summed E-state index contributed by atoms with van der Waals surface area (Å²) in [4.78, 5) is 23.9. The van der Waals surface area contributed by atoms with Crippen LogP contribution in [0.25, 0.3) is 16.4 Å². The van der Waals surface area contributed by atoms with Gasteiger partial charge in [0.2, 0.25) is 0 Å². The number of aromatic nitrogens is 1. The Morgan fingerprint density at radius 1 is 1.28 bits per heavy atom. The van der Waals surface area contributed by atoms with E-state index in [0.29, 0.717) is 20.5 Å². The van der Waals surface area contributed by atoms with E-state index in [9.17, 15) is 4.79 Å². The highest BCUT2D eigenvalue weighted by atomic mass is 31.1. The third-order valence-corrected chi connectivity index (χ3v) is 7.49. The SMILES string of the molecule is Cc1nc2ccc(C3=CC(=O)N4C=C(N5CCN(C)C(C)C5)C=CC4P3)cc2o1. The van der Waals surface area contributed by atoms with Gasteiger partial charge in [-0.1, -0.05) is 20.7 Å². The average Bonchev–Trinajstić information content (AvgIpc) is 3.09. The van der Waals surface area contributed by atoms with E-state index in [0.717, 1.165) is 47.3 Å². The van der Waals surface area contributed by atoms with E-state index in [2.05, 4.69) is 40.9 Å². The number of benzene rings is 1. The van der Waals surface area contributed by atoms with Crippen molar-refractivity contribution in [3.63, 3.8) is 0 Å². The van der Waals surface area contributed by atoms with Crippen molar-refractivity contribution in [2.24, 2.45) is 0 Å². The molecule has 4 heterocycles. The minimum absolute atomic E-state index is 0.0432. The molecule has 0 saturated carbocycles. The molecule has 1 amide bonds. The normalized spacial score (nSPS) is 26.1. The lowest BCUT2D eigenvalue weighted by Gasteiger charge is -2.42. The first-order valence-electron chi connectivity index (χ1n) is 10.0. The number of hydrogen-bond acceptors (Lipinski definition) is 5. The molecular weight excluding hydrogens is 383 g/mol. The number of carbonyl (C=O) groups is 1. The number of amides is 1. The molecule has 3 aliphatic heterocycles. The van der Waals surface area contributed by atoms with Crippen LogP contribution < -0.4 is 0 Å². The summed E-state index contributed by atoms with van der Waals surface area (Å²) in [6.07, 6.45) is 8.18. The highest BCUT2D eigenvalue weighted by Gasteiger charge is 2.31. The molecule has 6 nitrogen and oxygen atoms in total. The molecule has 7 heteroatoms. The van der Waals surface area contributed by atoms with E-state index in [1.807, 2.05) is 36.2 Å². The summed E-state index contributed by atoms with van der Waals surface area (Å²) in [5.41, 5.74) is 3.79. The van der Waals surface area contributed by atoms with E-state index in [4.69, 9.17) is 4.42 Å². The van der Waals surface area contributed by atoms with Gasteiger partial charge < -0.3 is 19.1 Å². The van der Waals surface area contributed by atoms with E-state index in [1.165, 1.54) is 0 Å². The van der Waals surface area contributed by atoms with Crippen LogP contribution in [0.15, 0.2) is 52.7 Å². The number of oxazole rings is 1. The maximum absolute atomic E-state index is 12.9. The number of likely N-dealkylation sites (N-methyl/N-ethyl adjacent to an activating group) is 1. The predicted molar refractivity (Wildman–Crippen MR) is 117 cm³/mol. The van der Waals surface area contributed by atoms with E-state index >= 15 is 0 Å². The first-order chi connectivity index (χ1) is 14.0. The number of hydrogen-bond donors (Lipinski definition) is 0. The van der Waals surface area contributed by atoms with Crippen LogP contribution in [-0.4, -0.2) is 64.1 Å². The van der Waals surface area contributed by atoms with Gasteiger partial charge >= 0.3 is 0 Å². The molecular formula is C22H25N4O2P. The lowest BCUT2D eigenvalue weighted by Crippen LogP contribution is -2.50. The number of allylic oxidation sites excluding steroid dienone is 1. The highest BCUT2D eigenvalue weighted by Crippen LogP contribution is 2.45. The van der Waals surface area contributed by atoms with Gasteiger partial charge in [-0.25, -0.2) is 4.98 Å². The molecule has 0 N–H and O–H groups in total. The summed E-state index contributed by atoms with van der Waals surface area (Å²) >= 11 is 0. The summed E-state index contributed by atoms with van der Waals surface area (Å²) < 4.78 is 5.67. The van der Waals surface area contributed by atoms with Crippen molar-refractivity contribution in [1.29, 1.82) is 0 Å². The van der Waals surface area contributed by atoms with Crippen molar-refractivity contribution < 1.29 is 9.21 Å². The minimum atomic E-state index is 0.0432. The number of aryl methyl sites for hydroxylation is 1. The van der Waals surface area contributed by atoms with E-state index in [-0.39, 0.29) is 11.7 Å². The van der Waals surface area contributed by atoms with Crippen LogP contribution in [-0.2, 0) is 4.79 Å². The molecule has 0 aliphatic carbocycles. The van der Waals surface area contributed by atoms with E-state index < -0.39 is 0 Å². The summed E-state index contributed by atoms with van der Waals surface area (Å²) in [5.74, 6) is 0.787. The van der Waals surface area contributed by atoms with Crippen molar-refractivity contribution in [2.75, 3.05) is 26.7 Å². The monoisotopic (exact) mass is 408 g/mol. The number of nitrogens with zero attached hydrogens (tertiary/aromatic N) is 4. The Morgan fingerprint density at radius 2 is 2.14 bits per heavy atom. The standard InChI is InChI=1S/C22H25N4O2P/c1-14-12-25(9-8-24(14)3)17-5-7-22-26(13-17)21(27)11-20(29-22)16-4-6-18-19(10-16)28-15(2)23-18/h4-7,10-11,13-14,22,29H,8-9,12H2,1-3H3. The molecule has 5 rings (SSSR count). The van der Waals surface area contributed by atoms with Gasteiger partial charge in [0.15, 0.2) is 11.5 Å². The average molecular weight is 408 g/mol. The van der Waals surface area contributed by atoms with Crippen LogP contribution in [0.3, 0.4) is 0 Å². The summed E-state index contributed by atoms with van der Waals surface area (Å²) in [5, 5.41) is 1.07. The molecule has 1 aromatic carbocycles. The maximum atomic E-state index is 12.9. The topological polar surface area (TPSA) is 52.8 Å². The van der Waals surface area contributed by atoms with Gasteiger partial charge in [0.05, 0.1) is 11.5 Å². The first-order valence-corrected chi connectivity index (χ1v) is 11.1. The Morgan fingerprint density at radius 3 is 2.97 bits per heavy atom. The fraction of sp³-hybridized carbons (Fsp3) is 0.364. The Labute approximate surface area is 172 Å². The summed E-state index contributed by atoms with van der Waals surface area (Å²) in [7, 11) is 2.67. The van der Waals surface area contributed by atoms with Gasteiger partial charge in [-0.3, -0.25) is 4.79 Å². The molecule has 3 unspecified atom stereocenters. The van der Waals surface area contributed by atoms with Crippen molar-refractivity contribution >= 4 is 30.9 Å². The predicted octanol–water partition coefficient (Wildman–Crippen LogP) is 3.37. The van der Waals surface area contributed by atoms with E-state index in [1.54, 1.807) is 6.08 Å². The Bertz CT molecular complexity index is 1070. The Kier molecular flexibility index (Phi) is 4.56. The van der Waals surface area contributed by atoms with Crippen molar-refractivity contribution in [1.82, 2.24) is 19.7 Å². The van der Waals surface area contributed by atoms with Crippen molar-refractivity contribution in [3.8, 4) is 0 Å². The first kappa shape index (κ1) is 18.6. The number of rotatable bonds is 2. The molecule has 29 heavy (non-hydrogen) atoms. The zero-order valence-corrected chi connectivity index (χ0v) is 17.9. The molecule has 1 fully saturated rings. The van der Waals surface area contributed by atoms with Crippen LogP contribution in [0.2, 0.25) is 0 Å². The zero-order chi connectivity index (χ0) is 20.1. The molecule has 0 radical (unpaired) electrons. The van der Waals surface area contributed by atoms with Gasteiger partial charge in [0.25, 0.3) is 5.91 Å². The van der Waals surface area contributed by atoms with Crippen LogP contribution >= 0.6 is 8.58 Å². The maximum Gasteiger partial charge on any atom is 0.252 e. The Hall–Kier alpha value is -2.43. The third-order valence-electron chi connectivity index (χ3n) is 5.98. The number of carbonyl (C=O) groups excluding carboxylic acids is 1. The van der Waals surface area contributed by atoms with Gasteiger partial charge in [-0.2, -0.15) is 0 Å². The van der Waals surface area contributed by atoms with Crippen LogP contribution in [0.5, 0.6) is 0 Å². The molecule has 3 atom stereocenters. The molecule has 0 bridgehead atoms.